The first-order valence-corrected chi connectivity index (χ1v) is 5.14. The van der Waals surface area contributed by atoms with Crippen molar-refractivity contribution in [1.82, 2.24) is 10.6 Å². The number of carbonyl (C=O) groups is 1. The predicted octanol–water partition coefficient (Wildman–Crippen LogP) is 1.39. The van der Waals surface area contributed by atoms with E-state index in [2.05, 4.69) is 41.8 Å². The van der Waals surface area contributed by atoms with Gasteiger partial charge in [-0.25, -0.2) is 0 Å². The van der Waals surface area contributed by atoms with E-state index in [9.17, 15) is 4.79 Å². The number of carbonyl (C=O) groups excluding carboxylic acids is 1. The fraction of sp³-hybridized carbons (Fsp3) is 0.417. The predicted molar refractivity (Wildman–Crippen MR) is 61.7 cm³/mol. The summed E-state index contributed by atoms with van der Waals surface area (Å²) in [4.78, 5) is 11.0. The highest BCUT2D eigenvalue weighted by molar-refractivity contribution is 5.77. The molecule has 1 aromatic carbocycles. The molecule has 1 unspecified atom stereocenters. The number of likely N-dealkylation sites (N-methyl/N-ethyl adjacent to an activating group) is 1. The number of nitrogens with one attached hydrogen (secondary N) is 2. The average molecular weight is 206 g/mol. The van der Waals surface area contributed by atoms with Crippen LogP contribution in [-0.4, -0.2) is 19.5 Å². The molecule has 1 aromatic rings. The minimum absolute atomic E-state index is 0.00830. The third-order valence-corrected chi connectivity index (χ3v) is 2.42. The minimum atomic E-state index is 0.00830. The van der Waals surface area contributed by atoms with Crippen LogP contribution >= 0.6 is 0 Å². The lowest BCUT2D eigenvalue weighted by Gasteiger charge is -2.13. The third kappa shape index (κ3) is 3.72. The molecule has 0 aliphatic carbocycles. The Labute approximate surface area is 90.9 Å². The second-order valence-corrected chi connectivity index (χ2v) is 3.69. The monoisotopic (exact) mass is 206 g/mol. The lowest BCUT2D eigenvalue weighted by molar-refractivity contribution is -0.119. The number of aryl methyl sites for hydroxylation is 1. The molecule has 15 heavy (non-hydrogen) atoms. The molecule has 3 heteroatoms. The van der Waals surface area contributed by atoms with E-state index in [-0.39, 0.29) is 11.9 Å². The summed E-state index contributed by atoms with van der Waals surface area (Å²) in [6, 6.07) is 8.51. The van der Waals surface area contributed by atoms with Crippen LogP contribution in [-0.2, 0) is 4.79 Å². The summed E-state index contributed by atoms with van der Waals surface area (Å²) in [5.41, 5.74) is 2.45. The van der Waals surface area contributed by atoms with Gasteiger partial charge >= 0.3 is 0 Å². The summed E-state index contributed by atoms with van der Waals surface area (Å²) in [5.74, 6) is 0.00830. The van der Waals surface area contributed by atoms with Crippen molar-refractivity contribution in [3.05, 3.63) is 35.4 Å². The maximum atomic E-state index is 11.0. The Morgan fingerprint density at radius 3 is 2.47 bits per heavy atom. The van der Waals surface area contributed by atoms with Gasteiger partial charge in [0.2, 0.25) is 5.91 Å². The standard InChI is InChI=1S/C12H18N2O/c1-9-4-6-11(7-5-9)10(2)14-8-12(15)13-3/h4-7,10,14H,8H2,1-3H3,(H,13,15). The second-order valence-electron chi connectivity index (χ2n) is 3.69. The van der Waals surface area contributed by atoms with Gasteiger partial charge in [0.05, 0.1) is 6.54 Å². The smallest absolute Gasteiger partial charge is 0.233 e. The van der Waals surface area contributed by atoms with Crippen molar-refractivity contribution in [2.24, 2.45) is 0 Å². The number of benzene rings is 1. The Hall–Kier alpha value is -1.35. The second kappa shape index (κ2) is 5.51. The van der Waals surface area contributed by atoms with Gasteiger partial charge in [0, 0.05) is 13.1 Å². The summed E-state index contributed by atoms with van der Waals surface area (Å²) in [7, 11) is 1.64. The van der Waals surface area contributed by atoms with E-state index in [1.807, 2.05) is 6.92 Å². The molecule has 0 heterocycles. The molecule has 0 saturated carbocycles. The zero-order chi connectivity index (χ0) is 11.3. The molecule has 0 fully saturated rings. The molecule has 1 atom stereocenters. The highest BCUT2D eigenvalue weighted by Crippen LogP contribution is 2.12. The molecule has 0 bridgehead atoms. The lowest BCUT2D eigenvalue weighted by atomic mass is 10.1. The lowest BCUT2D eigenvalue weighted by Crippen LogP contribution is -2.32. The molecule has 0 saturated heterocycles. The molecular weight excluding hydrogens is 188 g/mol. The van der Waals surface area contributed by atoms with E-state index >= 15 is 0 Å². The maximum Gasteiger partial charge on any atom is 0.233 e. The van der Waals surface area contributed by atoms with Crippen LogP contribution in [0, 0.1) is 6.92 Å². The Kier molecular flexibility index (Phi) is 4.31. The first-order chi connectivity index (χ1) is 7.13. The number of rotatable bonds is 4. The first-order valence-electron chi connectivity index (χ1n) is 5.14. The van der Waals surface area contributed by atoms with Gasteiger partial charge in [0.1, 0.15) is 0 Å². The van der Waals surface area contributed by atoms with Crippen molar-refractivity contribution in [2.75, 3.05) is 13.6 Å². The van der Waals surface area contributed by atoms with Crippen LogP contribution in [0.1, 0.15) is 24.1 Å². The van der Waals surface area contributed by atoms with Crippen molar-refractivity contribution in [3.8, 4) is 0 Å². The van der Waals surface area contributed by atoms with Gasteiger partial charge in [-0.15, -0.1) is 0 Å². The van der Waals surface area contributed by atoms with Crippen LogP contribution in [0.5, 0.6) is 0 Å². The molecule has 3 nitrogen and oxygen atoms in total. The van der Waals surface area contributed by atoms with E-state index in [1.165, 1.54) is 11.1 Å². The van der Waals surface area contributed by atoms with E-state index in [4.69, 9.17) is 0 Å². The van der Waals surface area contributed by atoms with Crippen LogP contribution in [0.2, 0.25) is 0 Å². The van der Waals surface area contributed by atoms with Crippen LogP contribution in [0.3, 0.4) is 0 Å². The van der Waals surface area contributed by atoms with Gasteiger partial charge in [-0.1, -0.05) is 29.8 Å². The van der Waals surface area contributed by atoms with Gasteiger partial charge in [-0.05, 0) is 19.4 Å². The normalized spacial score (nSPS) is 12.2. The molecule has 1 amide bonds. The van der Waals surface area contributed by atoms with Gasteiger partial charge in [0.25, 0.3) is 0 Å². The van der Waals surface area contributed by atoms with E-state index < -0.39 is 0 Å². The summed E-state index contributed by atoms with van der Waals surface area (Å²) in [5, 5.41) is 5.74. The zero-order valence-corrected chi connectivity index (χ0v) is 9.50. The Balaban J connectivity index is 2.50. The number of amides is 1. The third-order valence-electron chi connectivity index (χ3n) is 2.42. The van der Waals surface area contributed by atoms with Crippen molar-refractivity contribution < 1.29 is 4.79 Å². The SMILES string of the molecule is CNC(=O)CNC(C)c1ccc(C)cc1. The van der Waals surface area contributed by atoms with Crippen molar-refractivity contribution >= 4 is 5.91 Å². The van der Waals surface area contributed by atoms with Gasteiger partial charge < -0.3 is 10.6 Å². The Morgan fingerprint density at radius 2 is 1.93 bits per heavy atom. The molecular formula is C12H18N2O. The fourth-order valence-corrected chi connectivity index (χ4v) is 1.31. The summed E-state index contributed by atoms with van der Waals surface area (Å²) < 4.78 is 0. The molecule has 2 N–H and O–H groups in total. The molecule has 0 aliphatic rings. The Bertz CT molecular complexity index is 319. The highest BCUT2D eigenvalue weighted by Gasteiger charge is 2.05. The first kappa shape index (κ1) is 11.7. The zero-order valence-electron chi connectivity index (χ0n) is 9.50. The van der Waals surface area contributed by atoms with Crippen LogP contribution in [0.4, 0.5) is 0 Å². The molecule has 0 radical (unpaired) electrons. The van der Waals surface area contributed by atoms with Crippen LogP contribution < -0.4 is 10.6 Å². The number of hydrogen-bond donors (Lipinski definition) is 2. The van der Waals surface area contributed by atoms with Crippen molar-refractivity contribution in [2.45, 2.75) is 19.9 Å². The molecule has 82 valence electrons. The fourth-order valence-electron chi connectivity index (χ4n) is 1.31. The van der Waals surface area contributed by atoms with E-state index in [0.29, 0.717) is 6.54 Å². The van der Waals surface area contributed by atoms with E-state index in [1.54, 1.807) is 7.05 Å². The topological polar surface area (TPSA) is 41.1 Å². The summed E-state index contributed by atoms with van der Waals surface area (Å²) in [6.07, 6.45) is 0. The van der Waals surface area contributed by atoms with Gasteiger partial charge in [-0.2, -0.15) is 0 Å². The maximum absolute atomic E-state index is 11.0. The average Bonchev–Trinajstić information content (AvgIpc) is 2.26. The summed E-state index contributed by atoms with van der Waals surface area (Å²) in [6.45, 7) is 4.46. The molecule has 0 aliphatic heterocycles. The largest absolute Gasteiger partial charge is 0.358 e. The van der Waals surface area contributed by atoms with Crippen molar-refractivity contribution in [1.29, 1.82) is 0 Å². The van der Waals surface area contributed by atoms with Gasteiger partial charge in [-0.3, -0.25) is 4.79 Å². The highest BCUT2D eigenvalue weighted by atomic mass is 16.1. The number of hydrogen-bond acceptors (Lipinski definition) is 2. The van der Waals surface area contributed by atoms with Crippen LogP contribution in [0.25, 0.3) is 0 Å². The molecule has 0 aromatic heterocycles. The summed E-state index contributed by atoms with van der Waals surface area (Å²) >= 11 is 0. The van der Waals surface area contributed by atoms with Crippen LogP contribution in [0.15, 0.2) is 24.3 Å². The Morgan fingerprint density at radius 1 is 1.33 bits per heavy atom. The van der Waals surface area contributed by atoms with Crippen molar-refractivity contribution in [3.63, 3.8) is 0 Å². The van der Waals surface area contributed by atoms with E-state index in [0.717, 1.165) is 0 Å². The molecule has 0 spiro atoms. The minimum Gasteiger partial charge on any atom is -0.358 e. The molecule has 1 rings (SSSR count). The quantitative estimate of drug-likeness (QED) is 0.781. The van der Waals surface area contributed by atoms with Gasteiger partial charge in [0.15, 0.2) is 0 Å².